The lowest BCUT2D eigenvalue weighted by Gasteiger charge is -2.08. The van der Waals surface area contributed by atoms with Gasteiger partial charge in [-0.05, 0) is 43.7 Å². The first-order valence-electron chi connectivity index (χ1n) is 8.23. The molecular formula is C19H19FN2O2S. The van der Waals surface area contributed by atoms with Gasteiger partial charge in [-0.2, -0.15) is 4.99 Å². The number of para-hydroxylation sites is 1. The standard InChI is InChI=1S/C19H19FN2O2S/c1-3-11-22-17-15(24-4-2)9-6-10-16(17)25-19(22)21-18(23)13-7-5-8-14(20)12-13/h5-10,12H,3-4,11H2,1-2H3. The molecule has 1 amide bonds. The summed E-state index contributed by atoms with van der Waals surface area (Å²) < 4.78 is 22.1. The number of benzene rings is 2. The number of fused-ring (bicyclic) bond motifs is 1. The Morgan fingerprint density at radius 1 is 1.24 bits per heavy atom. The SMILES string of the molecule is CCCn1c(=NC(=O)c2cccc(F)c2)sc2cccc(OCC)c21. The fraction of sp³-hybridized carbons (Fsp3) is 0.263. The lowest BCUT2D eigenvalue weighted by Crippen LogP contribution is -2.17. The molecule has 0 spiro atoms. The summed E-state index contributed by atoms with van der Waals surface area (Å²) in [4.78, 5) is 17.3. The van der Waals surface area contributed by atoms with Crippen molar-refractivity contribution in [1.29, 1.82) is 0 Å². The molecular weight excluding hydrogens is 339 g/mol. The highest BCUT2D eigenvalue weighted by Gasteiger charge is 2.13. The molecule has 0 N–H and O–H groups in total. The van der Waals surface area contributed by atoms with Crippen molar-refractivity contribution in [3.8, 4) is 5.75 Å². The number of aromatic nitrogens is 1. The average Bonchev–Trinajstić information content (AvgIpc) is 2.94. The zero-order chi connectivity index (χ0) is 17.8. The maximum Gasteiger partial charge on any atom is 0.279 e. The number of hydrogen-bond acceptors (Lipinski definition) is 3. The van der Waals surface area contributed by atoms with Crippen LogP contribution in [0.3, 0.4) is 0 Å². The van der Waals surface area contributed by atoms with E-state index >= 15 is 0 Å². The van der Waals surface area contributed by atoms with E-state index in [-0.39, 0.29) is 5.56 Å². The summed E-state index contributed by atoms with van der Waals surface area (Å²) in [5.41, 5.74) is 1.19. The third-order valence-electron chi connectivity index (χ3n) is 3.68. The minimum absolute atomic E-state index is 0.241. The van der Waals surface area contributed by atoms with Gasteiger partial charge in [-0.25, -0.2) is 4.39 Å². The van der Waals surface area contributed by atoms with Crippen molar-refractivity contribution in [2.75, 3.05) is 6.61 Å². The van der Waals surface area contributed by atoms with Crippen molar-refractivity contribution in [3.63, 3.8) is 0 Å². The maximum absolute atomic E-state index is 13.4. The van der Waals surface area contributed by atoms with Crippen LogP contribution in [0.15, 0.2) is 47.5 Å². The van der Waals surface area contributed by atoms with E-state index in [4.69, 9.17) is 4.74 Å². The third-order valence-corrected chi connectivity index (χ3v) is 4.72. The highest BCUT2D eigenvalue weighted by Crippen LogP contribution is 2.27. The number of ether oxygens (including phenoxy) is 1. The first-order valence-corrected chi connectivity index (χ1v) is 9.05. The average molecular weight is 358 g/mol. The number of carbonyl (C=O) groups is 1. The van der Waals surface area contributed by atoms with Crippen molar-refractivity contribution in [2.24, 2.45) is 4.99 Å². The van der Waals surface area contributed by atoms with E-state index in [0.717, 1.165) is 28.9 Å². The molecule has 0 atom stereocenters. The van der Waals surface area contributed by atoms with Gasteiger partial charge in [0, 0.05) is 12.1 Å². The molecule has 2 aromatic carbocycles. The molecule has 25 heavy (non-hydrogen) atoms. The number of thiazole rings is 1. The zero-order valence-corrected chi connectivity index (χ0v) is 15.0. The molecule has 0 saturated carbocycles. The molecule has 1 heterocycles. The number of rotatable bonds is 5. The van der Waals surface area contributed by atoms with Gasteiger partial charge in [-0.3, -0.25) is 4.79 Å². The van der Waals surface area contributed by atoms with E-state index in [1.807, 2.05) is 29.7 Å². The van der Waals surface area contributed by atoms with Crippen LogP contribution in [0, 0.1) is 5.82 Å². The number of carbonyl (C=O) groups excluding carboxylic acids is 1. The van der Waals surface area contributed by atoms with Crippen LogP contribution in [-0.2, 0) is 6.54 Å². The summed E-state index contributed by atoms with van der Waals surface area (Å²) in [6.07, 6.45) is 0.896. The van der Waals surface area contributed by atoms with Gasteiger partial charge in [0.15, 0.2) is 4.80 Å². The van der Waals surface area contributed by atoms with Gasteiger partial charge >= 0.3 is 0 Å². The van der Waals surface area contributed by atoms with E-state index in [1.54, 1.807) is 6.07 Å². The van der Waals surface area contributed by atoms with E-state index in [9.17, 15) is 9.18 Å². The van der Waals surface area contributed by atoms with Gasteiger partial charge in [-0.1, -0.05) is 30.4 Å². The highest BCUT2D eigenvalue weighted by molar-refractivity contribution is 7.16. The zero-order valence-electron chi connectivity index (χ0n) is 14.2. The van der Waals surface area contributed by atoms with Crippen molar-refractivity contribution in [1.82, 2.24) is 4.57 Å². The number of hydrogen-bond donors (Lipinski definition) is 0. The van der Waals surface area contributed by atoms with Crippen LogP contribution < -0.4 is 9.54 Å². The molecule has 4 nitrogen and oxygen atoms in total. The van der Waals surface area contributed by atoms with Gasteiger partial charge in [0.05, 0.1) is 11.3 Å². The summed E-state index contributed by atoms with van der Waals surface area (Å²) in [5.74, 6) is -0.115. The molecule has 0 aliphatic heterocycles. The topological polar surface area (TPSA) is 43.6 Å². The van der Waals surface area contributed by atoms with Crippen LogP contribution in [0.25, 0.3) is 10.2 Å². The molecule has 0 aliphatic carbocycles. The normalized spacial score (nSPS) is 11.9. The van der Waals surface area contributed by atoms with Crippen LogP contribution >= 0.6 is 11.3 Å². The first kappa shape index (κ1) is 17.4. The van der Waals surface area contributed by atoms with Gasteiger partial charge in [0.1, 0.15) is 17.1 Å². The predicted molar refractivity (Wildman–Crippen MR) is 97.6 cm³/mol. The Balaban J connectivity index is 2.16. The molecule has 0 radical (unpaired) electrons. The quantitative estimate of drug-likeness (QED) is 0.679. The third kappa shape index (κ3) is 3.64. The monoisotopic (exact) mass is 358 g/mol. The number of amides is 1. The Hall–Kier alpha value is -2.47. The van der Waals surface area contributed by atoms with Crippen molar-refractivity contribution in [3.05, 3.63) is 58.6 Å². The lowest BCUT2D eigenvalue weighted by atomic mass is 10.2. The van der Waals surface area contributed by atoms with Crippen molar-refractivity contribution >= 4 is 27.5 Å². The Kier molecular flexibility index (Phi) is 5.28. The minimum atomic E-state index is -0.450. The fourth-order valence-electron chi connectivity index (χ4n) is 2.66. The summed E-state index contributed by atoms with van der Waals surface area (Å²) in [5, 5.41) is 0. The Labute approximate surface area is 149 Å². The second-order valence-electron chi connectivity index (χ2n) is 5.50. The van der Waals surface area contributed by atoms with Crippen molar-refractivity contribution < 1.29 is 13.9 Å². The molecule has 1 aromatic heterocycles. The second kappa shape index (κ2) is 7.61. The predicted octanol–water partition coefficient (Wildman–Crippen LogP) is 4.39. The molecule has 0 aliphatic rings. The van der Waals surface area contributed by atoms with Crippen LogP contribution in [0.4, 0.5) is 4.39 Å². The van der Waals surface area contributed by atoms with Crippen LogP contribution in [0.5, 0.6) is 5.75 Å². The number of nitrogens with zero attached hydrogens (tertiary/aromatic N) is 2. The van der Waals surface area contributed by atoms with Gasteiger partial charge < -0.3 is 9.30 Å². The molecule has 6 heteroatoms. The summed E-state index contributed by atoms with van der Waals surface area (Å²) in [6, 6.07) is 11.4. The summed E-state index contributed by atoms with van der Waals surface area (Å²) >= 11 is 1.43. The van der Waals surface area contributed by atoms with Gasteiger partial charge in [0.25, 0.3) is 5.91 Å². The van der Waals surface area contributed by atoms with E-state index < -0.39 is 11.7 Å². The molecule has 0 unspecified atom stereocenters. The second-order valence-corrected chi connectivity index (χ2v) is 6.51. The maximum atomic E-state index is 13.4. The smallest absolute Gasteiger partial charge is 0.279 e. The summed E-state index contributed by atoms with van der Waals surface area (Å²) in [7, 11) is 0. The van der Waals surface area contributed by atoms with Crippen LogP contribution in [0.2, 0.25) is 0 Å². The van der Waals surface area contributed by atoms with E-state index in [2.05, 4.69) is 11.9 Å². The largest absolute Gasteiger partial charge is 0.492 e. The molecule has 0 fully saturated rings. The Bertz CT molecular complexity index is 975. The Morgan fingerprint density at radius 2 is 2.04 bits per heavy atom. The first-order chi connectivity index (χ1) is 12.1. The van der Waals surface area contributed by atoms with Crippen LogP contribution in [-0.4, -0.2) is 17.1 Å². The van der Waals surface area contributed by atoms with Crippen molar-refractivity contribution in [2.45, 2.75) is 26.8 Å². The van der Waals surface area contributed by atoms with E-state index in [0.29, 0.717) is 11.4 Å². The molecule has 3 aromatic rings. The summed E-state index contributed by atoms with van der Waals surface area (Å²) in [6.45, 7) is 5.29. The van der Waals surface area contributed by atoms with E-state index in [1.165, 1.54) is 29.5 Å². The Morgan fingerprint density at radius 3 is 2.76 bits per heavy atom. The van der Waals surface area contributed by atoms with Gasteiger partial charge in [-0.15, -0.1) is 0 Å². The number of aryl methyl sites for hydroxylation is 1. The number of halogens is 1. The molecule has 3 rings (SSSR count). The van der Waals surface area contributed by atoms with Crippen LogP contribution in [0.1, 0.15) is 30.6 Å². The lowest BCUT2D eigenvalue weighted by molar-refractivity contribution is 0.0997. The van der Waals surface area contributed by atoms with Gasteiger partial charge in [0.2, 0.25) is 0 Å². The molecule has 0 bridgehead atoms. The molecule has 0 saturated heterocycles. The highest BCUT2D eigenvalue weighted by atomic mass is 32.1. The minimum Gasteiger partial charge on any atom is -0.492 e. The molecule has 130 valence electrons. The fourth-order valence-corrected chi connectivity index (χ4v) is 3.73.